The molecular formula is C19H20BrNOS. The van der Waals surface area contributed by atoms with E-state index in [1.165, 1.54) is 5.56 Å². The van der Waals surface area contributed by atoms with Crippen LogP contribution in [0.4, 0.5) is 5.69 Å². The van der Waals surface area contributed by atoms with E-state index in [1.54, 1.807) is 11.3 Å². The Labute approximate surface area is 150 Å². The normalized spacial score (nSPS) is 21.8. The molecule has 2 aromatic rings. The molecule has 1 aliphatic heterocycles. The molecule has 1 aromatic carbocycles. The van der Waals surface area contributed by atoms with Gasteiger partial charge in [0, 0.05) is 21.6 Å². The van der Waals surface area contributed by atoms with Gasteiger partial charge in [-0.3, -0.25) is 0 Å². The van der Waals surface area contributed by atoms with E-state index in [0.717, 1.165) is 26.2 Å². The van der Waals surface area contributed by atoms with Gasteiger partial charge >= 0.3 is 0 Å². The van der Waals surface area contributed by atoms with Crippen LogP contribution in [0, 0.1) is 18.8 Å². The van der Waals surface area contributed by atoms with Crippen LogP contribution in [0.5, 0.6) is 0 Å². The van der Waals surface area contributed by atoms with Crippen LogP contribution in [0.15, 0.2) is 28.1 Å². The standard InChI is InChI=1S/C19H20BrNOS/c1-11-10-15(20)14(8-7-13-6-5-9-23-13)16-12(2)18(22)19(3,4)21-17(11)16/h5-6,9-10,12,18,21-22H,1-4H3/t12-,18?/m0/s1. The lowest BCUT2D eigenvalue weighted by Crippen LogP contribution is -2.50. The zero-order valence-corrected chi connectivity index (χ0v) is 16.1. The van der Waals surface area contributed by atoms with Crippen molar-refractivity contribution in [2.75, 3.05) is 5.32 Å². The first-order valence-electron chi connectivity index (χ1n) is 7.66. The highest BCUT2D eigenvalue weighted by molar-refractivity contribution is 9.10. The van der Waals surface area contributed by atoms with E-state index in [-0.39, 0.29) is 11.5 Å². The van der Waals surface area contributed by atoms with Crippen LogP contribution in [0.1, 0.15) is 48.3 Å². The van der Waals surface area contributed by atoms with Crippen LogP contribution in [-0.2, 0) is 0 Å². The van der Waals surface area contributed by atoms with Gasteiger partial charge in [-0.15, -0.1) is 11.3 Å². The number of aliphatic hydroxyl groups excluding tert-OH is 1. The van der Waals surface area contributed by atoms with Gasteiger partial charge in [-0.05, 0) is 65.3 Å². The third-order valence-corrected chi connectivity index (χ3v) is 5.87. The number of aliphatic hydroxyl groups is 1. The van der Waals surface area contributed by atoms with E-state index in [9.17, 15) is 5.11 Å². The molecule has 2 nitrogen and oxygen atoms in total. The van der Waals surface area contributed by atoms with Crippen molar-refractivity contribution >= 4 is 33.0 Å². The number of halogens is 1. The second-order valence-corrected chi connectivity index (χ2v) is 8.45. The molecule has 0 radical (unpaired) electrons. The van der Waals surface area contributed by atoms with E-state index in [4.69, 9.17) is 0 Å². The maximum absolute atomic E-state index is 10.7. The monoisotopic (exact) mass is 389 g/mol. The first-order valence-corrected chi connectivity index (χ1v) is 9.33. The topological polar surface area (TPSA) is 32.3 Å². The second-order valence-electron chi connectivity index (χ2n) is 6.65. The smallest absolute Gasteiger partial charge is 0.0831 e. The fourth-order valence-electron chi connectivity index (χ4n) is 3.20. The highest BCUT2D eigenvalue weighted by Crippen LogP contribution is 2.44. The second kappa shape index (κ2) is 5.98. The third-order valence-electron chi connectivity index (χ3n) is 4.46. The highest BCUT2D eigenvalue weighted by atomic mass is 79.9. The highest BCUT2D eigenvalue weighted by Gasteiger charge is 2.40. The summed E-state index contributed by atoms with van der Waals surface area (Å²) in [6.45, 7) is 8.24. The number of fused-ring (bicyclic) bond motifs is 1. The maximum Gasteiger partial charge on any atom is 0.0831 e. The Hall–Kier alpha value is -1.28. The lowest BCUT2D eigenvalue weighted by molar-refractivity contribution is 0.0867. The molecule has 0 aliphatic carbocycles. The number of benzene rings is 1. The summed E-state index contributed by atoms with van der Waals surface area (Å²) in [6.07, 6.45) is -0.467. The maximum atomic E-state index is 10.7. The van der Waals surface area contributed by atoms with Crippen LogP contribution in [0.25, 0.3) is 0 Å². The number of rotatable bonds is 0. The summed E-state index contributed by atoms with van der Waals surface area (Å²) < 4.78 is 0.985. The Morgan fingerprint density at radius 2 is 2.09 bits per heavy atom. The largest absolute Gasteiger partial charge is 0.390 e. The average Bonchev–Trinajstić information content (AvgIpc) is 2.99. The molecule has 1 unspecified atom stereocenters. The SMILES string of the molecule is Cc1cc(Br)c(C#Cc2cccs2)c2c1NC(C)(C)C(O)[C@H]2C. The van der Waals surface area contributed by atoms with Gasteiger partial charge in [-0.1, -0.05) is 24.8 Å². The number of aryl methyl sites for hydroxylation is 1. The summed E-state index contributed by atoms with van der Waals surface area (Å²) in [7, 11) is 0. The average molecular weight is 390 g/mol. The summed E-state index contributed by atoms with van der Waals surface area (Å²) in [6, 6.07) is 6.13. The Morgan fingerprint density at radius 3 is 2.74 bits per heavy atom. The summed E-state index contributed by atoms with van der Waals surface area (Å²) in [5, 5.41) is 16.2. The predicted octanol–water partition coefficient (Wildman–Crippen LogP) is 4.89. The minimum atomic E-state index is -0.467. The Morgan fingerprint density at radius 1 is 1.35 bits per heavy atom. The molecule has 4 heteroatoms. The van der Waals surface area contributed by atoms with Gasteiger partial charge in [0.15, 0.2) is 0 Å². The summed E-state index contributed by atoms with van der Waals surface area (Å²) in [4.78, 5) is 1.04. The van der Waals surface area contributed by atoms with E-state index in [1.807, 2.05) is 31.4 Å². The summed E-state index contributed by atoms with van der Waals surface area (Å²) >= 11 is 5.29. The number of nitrogens with one attached hydrogen (secondary N) is 1. The molecule has 2 heterocycles. The molecule has 0 bridgehead atoms. The van der Waals surface area contributed by atoms with Crippen LogP contribution in [0.3, 0.4) is 0 Å². The van der Waals surface area contributed by atoms with E-state index in [0.29, 0.717) is 0 Å². The van der Waals surface area contributed by atoms with Gasteiger partial charge in [0.05, 0.1) is 16.5 Å². The molecule has 2 atom stereocenters. The molecule has 0 saturated heterocycles. The predicted molar refractivity (Wildman–Crippen MR) is 101 cm³/mol. The number of thiophene rings is 1. The first kappa shape index (κ1) is 16.6. The van der Waals surface area contributed by atoms with Crippen molar-refractivity contribution in [3.63, 3.8) is 0 Å². The lowest BCUT2D eigenvalue weighted by atomic mass is 9.76. The molecular weight excluding hydrogens is 370 g/mol. The van der Waals surface area contributed by atoms with Gasteiger partial charge in [0.2, 0.25) is 0 Å². The minimum absolute atomic E-state index is 0.0186. The van der Waals surface area contributed by atoms with Gasteiger partial charge in [-0.2, -0.15) is 0 Å². The molecule has 0 saturated carbocycles. The first-order chi connectivity index (χ1) is 10.8. The molecule has 3 rings (SSSR count). The van der Waals surface area contributed by atoms with Crippen molar-refractivity contribution in [3.8, 4) is 11.8 Å². The van der Waals surface area contributed by atoms with Crippen molar-refractivity contribution < 1.29 is 5.11 Å². The minimum Gasteiger partial charge on any atom is -0.390 e. The number of anilines is 1. The summed E-state index contributed by atoms with van der Waals surface area (Å²) in [5.74, 6) is 6.57. The van der Waals surface area contributed by atoms with Crippen molar-refractivity contribution in [1.82, 2.24) is 0 Å². The molecule has 1 aromatic heterocycles. The van der Waals surface area contributed by atoms with Crippen molar-refractivity contribution in [2.45, 2.75) is 45.3 Å². The van der Waals surface area contributed by atoms with Crippen LogP contribution >= 0.6 is 27.3 Å². The Balaban J connectivity index is 2.19. The zero-order chi connectivity index (χ0) is 16.8. The molecule has 0 amide bonds. The quantitative estimate of drug-likeness (QED) is 0.628. The molecule has 1 aliphatic rings. The molecule has 23 heavy (non-hydrogen) atoms. The molecule has 0 spiro atoms. The Kier molecular flexibility index (Phi) is 4.31. The van der Waals surface area contributed by atoms with Gasteiger partial charge in [0.25, 0.3) is 0 Å². The van der Waals surface area contributed by atoms with Crippen molar-refractivity contribution in [2.24, 2.45) is 0 Å². The molecule has 0 fully saturated rings. The molecule has 120 valence electrons. The van der Waals surface area contributed by atoms with E-state index < -0.39 is 6.10 Å². The summed E-state index contributed by atoms with van der Waals surface area (Å²) in [5.41, 5.74) is 3.98. The van der Waals surface area contributed by atoms with Crippen LogP contribution in [0.2, 0.25) is 0 Å². The molecule has 2 N–H and O–H groups in total. The fraction of sp³-hybridized carbons (Fsp3) is 0.368. The van der Waals surface area contributed by atoms with E-state index in [2.05, 4.69) is 53.0 Å². The lowest BCUT2D eigenvalue weighted by Gasteiger charge is -2.43. The van der Waals surface area contributed by atoms with Crippen molar-refractivity contribution in [3.05, 3.63) is 49.6 Å². The van der Waals surface area contributed by atoms with Gasteiger partial charge < -0.3 is 10.4 Å². The zero-order valence-electron chi connectivity index (χ0n) is 13.7. The Bertz CT molecular complexity index is 799. The van der Waals surface area contributed by atoms with Crippen molar-refractivity contribution in [1.29, 1.82) is 0 Å². The number of hydrogen-bond acceptors (Lipinski definition) is 3. The van der Waals surface area contributed by atoms with Gasteiger partial charge in [0.1, 0.15) is 0 Å². The van der Waals surface area contributed by atoms with Crippen LogP contribution < -0.4 is 5.32 Å². The van der Waals surface area contributed by atoms with Crippen LogP contribution in [-0.4, -0.2) is 16.7 Å². The van der Waals surface area contributed by atoms with E-state index >= 15 is 0 Å². The fourth-order valence-corrected chi connectivity index (χ4v) is 4.43. The van der Waals surface area contributed by atoms with Gasteiger partial charge in [-0.25, -0.2) is 0 Å². The number of hydrogen-bond donors (Lipinski definition) is 2. The third kappa shape index (κ3) is 2.94.